The number of aryl methyl sites for hydroxylation is 1. The van der Waals surface area contributed by atoms with Gasteiger partial charge in [-0.05, 0) is 24.3 Å². The van der Waals surface area contributed by atoms with E-state index in [1.54, 1.807) is 11.0 Å². The van der Waals surface area contributed by atoms with Gasteiger partial charge in [0.25, 0.3) is 5.95 Å². The molecule has 0 radical (unpaired) electrons. The van der Waals surface area contributed by atoms with Crippen LogP contribution in [0.5, 0.6) is 0 Å². The Morgan fingerprint density at radius 3 is 2.34 bits per heavy atom. The number of benzene rings is 1. The van der Waals surface area contributed by atoms with Crippen molar-refractivity contribution in [3.63, 3.8) is 0 Å². The maximum atomic E-state index is 6.00. The van der Waals surface area contributed by atoms with Gasteiger partial charge in [0.1, 0.15) is 5.69 Å². The molecular weight excluding hydrogens is 392 g/mol. The third-order valence-corrected chi connectivity index (χ3v) is 4.71. The molecule has 3 aromatic heterocycles. The zero-order valence-corrected chi connectivity index (χ0v) is 17.2. The van der Waals surface area contributed by atoms with E-state index >= 15 is 0 Å². The minimum atomic E-state index is 0.403. The molecule has 0 aliphatic heterocycles. The van der Waals surface area contributed by atoms with E-state index in [0.717, 1.165) is 17.2 Å². The van der Waals surface area contributed by atoms with Crippen LogP contribution in [0.1, 0.15) is 0 Å². The van der Waals surface area contributed by atoms with Crippen LogP contribution in [-0.4, -0.2) is 50.4 Å². The number of hydrogen-bond donors (Lipinski definition) is 4. The highest BCUT2D eigenvalue weighted by atomic mass is 35.5. The topological polar surface area (TPSA) is 110 Å². The van der Waals surface area contributed by atoms with Gasteiger partial charge in [-0.15, -0.1) is 5.10 Å². The molecule has 0 spiro atoms. The second kappa shape index (κ2) is 7.47. The summed E-state index contributed by atoms with van der Waals surface area (Å²) in [6.07, 6.45) is 1.70. The number of rotatable bonds is 6. The summed E-state index contributed by atoms with van der Waals surface area (Å²) in [6, 6.07) is 7.38. The highest BCUT2D eigenvalue weighted by Crippen LogP contribution is 2.32. The average Bonchev–Trinajstić information content (AvgIpc) is 3.29. The van der Waals surface area contributed by atoms with Gasteiger partial charge in [-0.2, -0.15) is 14.6 Å². The molecule has 0 saturated carbocycles. The number of fused-ring (bicyclic) bond motifs is 1. The molecule has 1 aromatic carbocycles. The molecular formula is C18H21ClN10. The number of aromatic nitrogens is 6. The van der Waals surface area contributed by atoms with E-state index in [2.05, 4.69) is 36.3 Å². The lowest BCUT2D eigenvalue weighted by Crippen LogP contribution is -2.10. The Bertz CT molecular complexity index is 1160. The molecule has 4 rings (SSSR count). The molecule has 11 heteroatoms. The number of nitrogens with one attached hydrogen (secondary N) is 4. The van der Waals surface area contributed by atoms with Crippen molar-refractivity contribution in [1.82, 2.24) is 29.3 Å². The Kier molecular flexibility index (Phi) is 4.85. The first kappa shape index (κ1) is 18.8. The smallest absolute Gasteiger partial charge is 0.256 e. The van der Waals surface area contributed by atoms with E-state index in [9.17, 15) is 0 Å². The maximum Gasteiger partial charge on any atom is 0.256 e. The normalized spacial score (nSPS) is 10.9. The van der Waals surface area contributed by atoms with E-state index in [-0.39, 0.29) is 0 Å². The zero-order valence-electron chi connectivity index (χ0n) is 16.4. The van der Waals surface area contributed by atoms with Crippen LogP contribution >= 0.6 is 11.6 Å². The van der Waals surface area contributed by atoms with Crippen LogP contribution in [0.4, 0.5) is 28.8 Å². The van der Waals surface area contributed by atoms with Crippen LogP contribution in [0.3, 0.4) is 0 Å². The second-order valence-corrected chi connectivity index (χ2v) is 6.70. The number of anilines is 5. The Morgan fingerprint density at radius 2 is 1.69 bits per heavy atom. The SMILES string of the molecule is CNc1nn(-c2nc(Nc3ccc(Cl)cc3)c3ncn(C)c3n2)c(NC)c1NC. The molecule has 3 heterocycles. The lowest BCUT2D eigenvalue weighted by atomic mass is 10.3. The molecule has 0 saturated heterocycles. The molecule has 0 unspecified atom stereocenters. The van der Waals surface area contributed by atoms with Crippen LogP contribution in [-0.2, 0) is 7.05 Å². The van der Waals surface area contributed by atoms with Crippen LogP contribution in [0.2, 0.25) is 5.02 Å². The Hall–Kier alpha value is -3.53. The molecule has 4 N–H and O–H groups in total. The molecule has 150 valence electrons. The number of nitrogens with zero attached hydrogens (tertiary/aromatic N) is 6. The van der Waals surface area contributed by atoms with Gasteiger partial charge in [-0.1, -0.05) is 11.6 Å². The van der Waals surface area contributed by atoms with Gasteiger partial charge in [-0.25, -0.2) is 4.98 Å². The van der Waals surface area contributed by atoms with Gasteiger partial charge in [0.2, 0.25) is 0 Å². The fraction of sp³-hybridized carbons (Fsp3) is 0.222. The van der Waals surface area contributed by atoms with Crippen LogP contribution in [0.25, 0.3) is 17.1 Å². The molecule has 0 amide bonds. The van der Waals surface area contributed by atoms with Crippen molar-refractivity contribution < 1.29 is 0 Å². The first-order valence-electron chi connectivity index (χ1n) is 8.94. The third kappa shape index (κ3) is 3.27. The van der Waals surface area contributed by atoms with Gasteiger partial charge < -0.3 is 25.8 Å². The summed E-state index contributed by atoms with van der Waals surface area (Å²) in [5.74, 6) is 2.39. The summed E-state index contributed by atoms with van der Waals surface area (Å²) < 4.78 is 3.49. The Balaban J connectivity index is 1.89. The van der Waals surface area contributed by atoms with E-state index in [0.29, 0.717) is 33.8 Å². The van der Waals surface area contributed by atoms with Gasteiger partial charge in [0.15, 0.2) is 28.6 Å². The van der Waals surface area contributed by atoms with Gasteiger partial charge in [0, 0.05) is 38.9 Å². The maximum absolute atomic E-state index is 6.00. The highest BCUT2D eigenvalue weighted by Gasteiger charge is 2.21. The Morgan fingerprint density at radius 1 is 0.931 bits per heavy atom. The van der Waals surface area contributed by atoms with E-state index in [1.807, 2.05) is 57.0 Å². The highest BCUT2D eigenvalue weighted by molar-refractivity contribution is 6.30. The number of hydrogen-bond acceptors (Lipinski definition) is 8. The summed E-state index contributed by atoms with van der Waals surface area (Å²) in [6.45, 7) is 0. The first-order chi connectivity index (χ1) is 14.0. The van der Waals surface area contributed by atoms with E-state index < -0.39 is 0 Å². The van der Waals surface area contributed by atoms with E-state index in [1.165, 1.54) is 0 Å². The second-order valence-electron chi connectivity index (χ2n) is 6.27. The number of halogens is 1. The molecule has 0 fully saturated rings. The molecule has 29 heavy (non-hydrogen) atoms. The van der Waals surface area contributed by atoms with Crippen molar-refractivity contribution >= 4 is 51.6 Å². The average molecular weight is 413 g/mol. The minimum Gasteiger partial charge on any atom is -0.382 e. The predicted molar refractivity (Wildman–Crippen MR) is 117 cm³/mol. The van der Waals surface area contributed by atoms with Crippen molar-refractivity contribution in [2.45, 2.75) is 0 Å². The van der Waals surface area contributed by atoms with Gasteiger partial charge in [0.05, 0.1) is 6.33 Å². The van der Waals surface area contributed by atoms with Crippen molar-refractivity contribution in [2.24, 2.45) is 7.05 Å². The molecule has 0 aliphatic carbocycles. The summed E-state index contributed by atoms with van der Waals surface area (Å²) >= 11 is 6.00. The third-order valence-electron chi connectivity index (χ3n) is 4.45. The summed E-state index contributed by atoms with van der Waals surface area (Å²) in [5, 5.41) is 18.0. The van der Waals surface area contributed by atoms with Gasteiger partial charge >= 0.3 is 0 Å². The lowest BCUT2D eigenvalue weighted by molar-refractivity contribution is 0.816. The fourth-order valence-electron chi connectivity index (χ4n) is 3.05. The summed E-state index contributed by atoms with van der Waals surface area (Å²) in [7, 11) is 7.36. The van der Waals surface area contributed by atoms with Gasteiger partial charge in [-0.3, -0.25) is 0 Å². The molecule has 0 atom stereocenters. The quantitative estimate of drug-likeness (QED) is 0.382. The standard InChI is InChI=1S/C18H21ClN10/c1-20-12-14(21-2)27-29(16(12)22-3)18-25-15(13-17(26-18)28(4)9-23-13)24-11-7-5-10(19)6-8-11/h5-9,20,22H,1-4H3,(H,21,27)(H,24,25,26). The monoisotopic (exact) mass is 412 g/mol. The zero-order chi connectivity index (χ0) is 20.5. The van der Waals surface area contributed by atoms with Crippen molar-refractivity contribution in [2.75, 3.05) is 42.4 Å². The van der Waals surface area contributed by atoms with Crippen LogP contribution < -0.4 is 21.3 Å². The predicted octanol–water partition coefficient (Wildman–Crippen LogP) is 3.07. The minimum absolute atomic E-state index is 0.403. The summed E-state index contributed by atoms with van der Waals surface area (Å²) in [4.78, 5) is 13.8. The van der Waals surface area contributed by atoms with Crippen LogP contribution in [0.15, 0.2) is 30.6 Å². The number of imidazole rings is 1. The first-order valence-corrected chi connectivity index (χ1v) is 9.31. The molecule has 0 bridgehead atoms. The van der Waals surface area contributed by atoms with Crippen molar-refractivity contribution in [1.29, 1.82) is 0 Å². The fourth-order valence-corrected chi connectivity index (χ4v) is 3.18. The van der Waals surface area contributed by atoms with Crippen molar-refractivity contribution in [3.8, 4) is 5.95 Å². The molecule has 0 aliphatic rings. The molecule has 4 aromatic rings. The van der Waals surface area contributed by atoms with E-state index in [4.69, 9.17) is 16.6 Å². The molecule has 10 nitrogen and oxygen atoms in total. The van der Waals surface area contributed by atoms with Crippen molar-refractivity contribution in [3.05, 3.63) is 35.6 Å². The Labute approximate surface area is 172 Å². The van der Waals surface area contributed by atoms with Crippen LogP contribution in [0, 0.1) is 0 Å². The lowest BCUT2D eigenvalue weighted by Gasteiger charge is -2.11. The summed E-state index contributed by atoms with van der Waals surface area (Å²) in [5.41, 5.74) is 3.00. The largest absolute Gasteiger partial charge is 0.382 e.